The van der Waals surface area contributed by atoms with Crippen LogP contribution in [0.15, 0.2) is 6.20 Å². The molecule has 2 aromatic rings. The van der Waals surface area contributed by atoms with Crippen LogP contribution in [0.25, 0.3) is 0 Å². The van der Waals surface area contributed by atoms with Crippen LogP contribution in [-0.2, 0) is 33.4 Å². The highest BCUT2D eigenvalue weighted by atomic mass is 35.5. The van der Waals surface area contributed by atoms with Crippen LogP contribution >= 0.6 is 11.6 Å². The molecule has 0 amide bonds. The van der Waals surface area contributed by atoms with Gasteiger partial charge in [-0.2, -0.15) is 10.2 Å². The van der Waals surface area contributed by atoms with E-state index in [4.69, 9.17) is 11.6 Å². The molecule has 110 valence electrons. The summed E-state index contributed by atoms with van der Waals surface area (Å²) in [4.78, 5) is 0. The lowest BCUT2D eigenvalue weighted by atomic mass is 10.0. The zero-order valence-corrected chi connectivity index (χ0v) is 13.1. The summed E-state index contributed by atoms with van der Waals surface area (Å²) in [6, 6.07) is 0. The molecule has 0 fully saturated rings. The molecule has 1 unspecified atom stereocenters. The van der Waals surface area contributed by atoms with Gasteiger partial charge in [-0.1, -0.05) is 25.4 Å². The first-order valence-electron chi connectivity index (χ1n) is 6.88. The molecule has 6 heteroatoms. The Bertz CT molecular complexity index is 603. The molecule has 1 N–H and O–H groups in total. The summed E-state index contributed by atoms with van der Waals surface area (Å²) in [6.45, 7) is 4.05. The predicted molar refractivity (Wildman–Crippen MR) is 78.8 cm³/mol. The quantitative estimate of drug-likeness (QED) is 0.920. The van der Waals surface area contributed by atoms with E-state index in [0.29, 0.717) is 11.4 Å². The minimum atomic E-state index is -0.615. The van der Waals surface area contributed by atoms with Crippen molar-refractivity contribution in [2.24, 2.45) is 14.1 Å². The van der Waals surface area contributed by atoms with Crippen LogP contribution in [0.1, 0.15) is 42.6 Å². The van der Waals surface area contributed by atoms with Crippen LogP contribution in [0.5, 0.6) is 0 Å². The topological polar surface area (TPSA) is 55.9 Å². The summed E-state index contributed by atoms with van der Waals surface area (Å²) < 4.78 is 3.49. The molecular weight excluding hydrogens is 276 g/mol. The van der Waals surface area contributed by atoms with Gasteiger partial charge in [0.05, 0.1) is 28.2 Å². The smallest absolute Gasteiger partial charge is 0.0879 e. The lowest BCUT2D eigenvalue weighted by Crippen LogP contribution is -2.08. The van der Waals surface area contributed by atoms with Crippen molar-refractivity contribution in [3.8, 4) is 0 Å². The van der Waals surface area contributed by atoms with E-state index in [0.717, 1.165) is 35.5 Å². The van der Waals surface area contributed by atoms with Gasteiger partial charge < -0.3 is 5.11 Å². The Morgan fingerprint density at radius 3 is 2.40 bits per heavy atom. The van der Waals surface area contributed by atoms with Crippen molar-refractivity contribution in [1.82, 2.24) is 19.6 Å². The van der Waals surface area contributed by atoms with Gasteiger partial charge in [-0.3, -0.25) is 9.36 Å². The molecular formula is C14H21ClN4O. The first-order chi connectivity index (χ1) is 9.47. The van der Waals surface area contributed by atoms with Gasteiger partial charge in [-0.25, -0.2) is 0 Å². The summed E-state index contributed by atoms with van der Waals surface area (Å²) in [5, 5.41) is 19.9. The molecule has 20 heavy (non-hydrogen) atoms. The van der Waals surface area contributed by atoms with Gasteiger partial charge in [0.1, 0.15) is 0 Å². The highest BCUT2D eigenvalue weighted by Crippen LogP contribution is 2.27. The zero-order chi connectivity index (χ0) is 14.9. The van der Waals surface area contributed by atoms with Crippen LogP contribution in [-0.4, -0.2) is 24.7 Å². The van der Waals surface area contributed by atoms with E-state index < -0.39 is 6.10 Å². The molecule has 1 atom stereocenters. The van der Waals surface area contributed by atoms with Gasteiger partial charge in [-0.05, 0) is 12.8 Å². The van der Waals surface area contributed by atoms with E-state index in [1.54, 1.807) is 9.36 Å². The maximum Gasteiger partial charge on any atom is 0.0879 e. The number of aliphatic hydroxyl groups is 1. The SMILES string of the molecule is CCc1nn(C)cc1C(O)Cc1c(Cl)c(CC)nn1C. The van der Waals surface area contributed by atoms with Crippen LogP contribution in [0.3, 0.4) is 0 Å². The van der Waals surface area contributed by atoms with Crippen molar-refractivity contribution in [3.63, 3.8) is 0 Å². The Morgan fingerprint density at radius 1 is 1.20 bits per heavy atom. The molecule has 0 saturated heterocycles. The number of aromatic nitrogens is 4. The third kappa shape index (κ3) is 2.74. The zero-order valence-electron chi connectivity index (χ0n) is 12.4. The third-order valence-corrected chi connectivity index (χ3v) is 3.96. The number of nitrogens with zero attached hydrogens (tertiary/aromatic N) is 4. The fourth-order valence-corrected chi connectivity index (χ4v) is 2.81. The lowest BCUT2D eigenvalue weighted by molar-refractivity contribution is 0.174. The number of hydrogen-bond acceptors (Lipinski definition) is 3. The molecule has 2 aromatic heterocycles. The maximum absolute atomic E-state index is 10.5. The molecule has 0 bridgehead atoms. The van der Waals surface area contributed by atoms with Crippen molar-refractivity contribution in [2.75, 3.05) is 0 Å². The standard InChI is InChI=1S/C14H21ClN4O/c1-5-10-9(8-18(3)16-10)13(20)7-12-14(15)11(6-2)17-19(12)4/h8,13,20H,5-7H2,1-4H3. The molecule has 0 spiro atoms. The van der Waals surface area contributed by atoms with Crippen molar-refractivity contribution in [3.05, 3.63) is 33.9 Å². The number of hydrogen-bond donors (Lipinski definition) is 1. The minimum Gasteiger partial charge on any atom is -0.388 e. The fourth-order valence-electron chi connectivity index (χ4n) is 2.44. The number of rotatable bonds is 5. The molecule has 0 aliphatic rings. The number of halogens is 1. The summed E-state index contributed by atoms with van der Waals surface area (Å²) in [6.07, 6.45) is 3.29. The van der Waals surface area contributed by atoms with E-state index in [-0.39, 0.29) is 0 Å². The van der Waals surface area contributed by atoms with Crippen LogP contribution in [0.4, 0.5) is 0 Å². The molecule has 0 saturated carbocycles. The average Bonchev–Trinajstić information content (AvgIpc) is 2.93. The van der Waals surface area contributed by atoms with Crippen molar-refractivity contribution < 1.29 is 5.11 Å². The Labute approximate surface area is 124 Å². The molecule has 0 aliphatic heterocycles. The first kappa shape index (κ1) is 15.1. The number of aryl methyl sites for hydroxylation is 4. The van der Waals surface area contributed by atoms with E-state index >= 15 is 0 Å². The second-order valence-corrected chi connectivity index (χ2v) is 5.34. The van der Waals surface area contributed by atoms with E-state index in [2.05, 4.69) is 10.2 Å². The maximum atomic E-state index is 10.5. The predicted octanol–water partition coefficient (Wildman–Crippen LogP) is 2.21. The van der Waals surface area contributed by atoms with Gasteiger partial charge >= 0.3 is 0 Å². The summed E-state index contributed by atoms with van der Waals surface area (Å²) >= 11 is 6.32. The molecule has 0 aromatic carbocycles. The highest BCUT2D eigenvalue weighted by Gasteiger charge is 2.20. The second kappa shape index (κ2) is 5.97. The molecule has 2 rings (SSSR count). The van der Waals surface area contributed by atoms with Crippen LogP contribution in [0, 0.1) is 0 Å². The normalized spacial score (nSPS) is 12.9. The van der Waals surface area contributed by atoms with Crippen LogP contribution < -0.4 is 0 Å². The largest absolute Gasteiger partial charge is 0.388 e. The Kier molecular flexibility index (Phi) is 4.50. The van der Waals surface area contributed by atoms with E-state index in [9.17, 15) is 5.11 Å². The first-order valence-corrected chi connectivity index (χ1v) is 7.26. The summed E-state index contributed by atoms with van der Waals surface area (Å²) in [5.41, 5.74) is 3.53. The fraction of sp³-hybridized carbons (Fsp3) is 0.571. The summed E-state index contributed by atoms with van der Waals surface area (Å²) in [5.74, 6) is 0. The minimum absolute atomic E-state index is 0.445. The van der Waals surface area contributed by atoms with Gasteiger partial charge in [0, 0.05) is 32.3 Å². The average molecular weight is 297 g/mol. The van der Waals surface area contributed by atoms with Crippen LogP contribution in [0.2, 0.25) is 5.02 Å². The van der Waals surface area contributed by atoms with Gasteiger partial charge in [-0.15, -0.1) is 0 Å². The molecule has 2 heterocycles. The monoisotopic (exact) mass is 296 g/mol. The van der Waals surface area contributed by atoms with Crippen molar-refractivity contribution >= 4 is 11.6 Å². The Balaban J connectivity index is 2.27. The van der Waals surface area contributed by atoms with Gasteiger partial charge in [0.15, 0.2) is 0 Å². The molecule has 0 radical (unpaired) electrons. The van der Waals surface area contributed by atoms with E-state index in [1.807, 2.05) is 34.1 Å². The molecule has 0 aliphatic carbocycles. The lowest BCUT2D eigenvalue weighted by Gasteiger charge is -2.11. The van der Waals surface area contributed by atoms with Crippen molar-refractivity contribution in [1.29, 1.82) is 0 Å². The van der Waals surface area contributed by atoms with Gasteiger partial charge in [0.2, 0.25) is 0 Å². The number of aliphatic hydroxyl groups excluding tert-OH is 1. The second-order valence-electron chi connectivity index (χ2n) is 4.96. The Morgan fingerprint density at radius 2 is 1.85 bits per heavy atom. The molecule has 5 nitrogen and oxygen atoms in total. The highest BCUT2D eigenvalue weighted by molar-refractivity contribution is 6.31. The Hall–Kier alpha value is -1.33. The van der Waals surface area contributed by atoms with Crippen molar-refractivity contribution in [2.45, 2.75) is 39.2 Å². The third-order valence-electron chi connectivity index (χ3n) is 3.52. The van der Waals surface area contributed by atoms with E-state index in [1.165, 1.54) is 0 Å². The van der Waals surface area contributed by atoms with Gasteiger partial charge in [0.25, 0.3) is 0 Å². The summed E-state index contributed by atoms with van der Waals surface area (Å²) in [7, 11) is 3.72.